The fourth-order valence-corrected chi connectivity index (χ4v) is 1.89. The molecule has 0 amide bonds. The van der Waals surface area contributed by atoms with Gasteiger partial charge in [0.15, 0.2) is 0 Å². The molecule has 0 saturated carbocycles. The van der Waals surface area contributed by atoms with Gasteiger partial charge in [0.25, 0.3) is 0 Å². The van der Waals surface area contributed by atoms with Gasteiger partial charge >= 0.3 is 11.9 Å². The third-order valence-electron chi connectivity index (χ3n) is 3.29. The Morgan fingerprint density at radius 3 is 2.50 bits per heavy atom. The Balaban J connectivity index is 2.67. The maximum absolute atomic E-state index is 11.6. The van der Waals surface area contributed by atoms with E-state index in [9.17, 15) is 9.59 Å². The van der Waals surface area contributed by atoms with Gasteiger partial charge in [-0.05, 0) is 23.5 Å². The predicted molar refractivity (Wildman–Crippen MR) is 59.5 cm³/mol. The number of fused-ring (bicyclic) bond motifs is 1. The van der Waals surface area contributed by atoms with Crippen LogP contribution in [0.3, 0.4) is 0 Å². The summed E-state index contributed by atoms with van der Waals surface area (Å²) in [5, 5.41) is 0. The smallest absolute Gasteiger partial charge is 0.347 e. The number of carbonyl (C=O) groups is 2. The van der Waals surface area contributed by atoms with E-state index in [0.29, 0.717) is 11.1 Å². The lowest BCUT2D eigenvalue weighted by molar-refractivity contribution is 0.0443. The highest BCUT2D eigenvalue weighted by Crippen LogP contribution is 2.34. The van der Waals surface area contributed by atoms with Gasteiger partial charge in [-0.25, -0.2) is 9.59 Å². The maximum atomic E-state index is 11.6. The van der Waals surface area contributed by atoms with Gasteiger partial charge < -0.3 is 4.74 Å². The van der Waals surface area contributed by atoms with Crippen molar-refractivity contribution >= 4 is 11.9 Å². The molecule has 0 aliphatic carbocycles. The van der Waals surface area contributed by atoms with Crippen LogP contribution in [0.1, 0.15) is 53.5 Å². The van der Waals surface area contributed by atoms with Crippen LogP contribution in [0, 0.1) is 0 Å². The topological polar surface area (TPSA) is 43.4 Å². The van der Waals surface area contributed by atoms with E-state index >= 15 is 0 Å². The average molecular weight is 218 g/mol. The van der Waals surface area contributed by atoms with Gasteiger partial charge in [-0.15, -0.1) is 0 Å². The van der Waals surface area contributed by atoms with Crippen molar-refractivity contribution in [1.82, 2.24) is 0 Å². The quantitative estimate of drug-likeness (QED) is 0.566. The molecule has 0 N–H and O–H groups in total. The summed E-state index contributed by atoms with van der Waals surface area (Å²) in [5.41, 5.74) is 1.60. The van der Waals surface area contributed by atoms with Crippen LogP contribution in [0.4, 0.5) is 0 Å². The number of benzene rings is 1. The average Bonchev–Trinajstić information content (AvgIpc) is 2.55. The fourth-order valence-electron chi connectivity index (χ4n) is 1.89. The standard InChI is InChI=1S/C13H14O3/c1-4-13(2,3)9-7-5-6-8-10(9)12(15)16-11(8)14/h5-7H,4H2,1-3H3. The monoisotopic (exact) mass is 218 g/mol. The van der Waals surface area contributed by atoms with E-state index in [1.807, 2.05) is 6.07 Å². The molecule has 0 fully saturated rings. The molecule has 3 nitrogen and oxygen atoms in total. The van der Waals surface area contributed by atoms with Crippen molar-refractivity contribution in [3.8, 4) is 0 Å². The summed E-state index contributed by atoms with van der Waals surface area (Å²) >= 11 is 0. The van der Waals surface area contributed by atoms with E-state index in [-0.39, 0.29) is 5.41 Å². The van der Waals surface area contributed by atoms with Gasteiger partial charge in [0.1, 0.15) is 0 Å². The number of hydrogen-bond donors (Lipinski definition) is 0. The second-order valence-electron chi connectivity index (χ2n) is 4.64. The molecule has 0 aromatic heterocycles. The maximum Gasteiger partial charge on any atom is 0.347 e. The molecule has 16 heavy (non-hydrogen) atoms. The molecular weight excluding hydrogens is 204 g/mol. The van der Waals surface area contributed by atoms with Crippen molar-refractivity contribution in [2.45, 2.75) is 32.6 Å². The Hall–Kier alpha value is -1.64. The molecule has 0 spiro atoms. The van der Waals surface area contributed by atoms with E-state index in [0.717, 1.165) is 12.0 Å². The lowest BCUT2D eigenvalue weighted by Gasteiger charge is -2.24. The van der Waals surface area contributed by atoms with E-state index in [2.05, 4.69) is 25.5 Å². The third kappa shape index (κ3) is 1.43. The number of hydrogen-bond acceptors (Lipinski definition) is 3. The van der Waals surface area contributed by atoms with Crippen molar-refractivity contribution in [3.63, 3.8) is 0 Å². The lowest BCUT2D eigenvalue weighted by atomic mass is 9.79. The Morgan fingerprint density at radius 2 is 1.88 bits per heavy atom. The van der Waals surface area contributed by atoms with Crippen LogP contribution in [0.5, 0.6) is 0 Å². The van der Waals surface area contributed by atoms with E-state index in [1.54, 1.807) is 12.1 Å². The zero-order chi connectivity index (χ0) is 11.9. The highest BCUT2D eigenvalue weighted by molar-refractivity contribution is 6.15. The molecule has 84 valence electrons. The van der Waals surface area contributed by atoms with Gasteiger partial charge in [-0.2, -0.15) is 0 Å². The molecule has 0 unspecified atom stereocenters. The molecule has 1 aromatic rings. The summed E-state index contributed by atoms with van der Waals surface area (Å²) in [7, 11) is 0. The van der Waals surface area contributed by atoms with Crippen molar-refractivity contribution in [1.29, 1.82) is 0 Å². The summed E-state index contributed by atoms with van der Waals surface area (Å²) in [6.45, 7) is 6.17. The van der Waals surface area contributed by atoms with Gasteiger partial charge in [-0.1, -0.05) is 32.9 Å². The first kappa shape index (κ1) is 10.9. The Kier molecular flexibility index (Phi) is 2.34. The number of ether oxygens (including phenoxy) is 1. The van der Waals surface area contributed by atoms with Crippen molar-refractivity contribution in [3.05, 3.63) is 34.9 Å². The zero-order valence-electron chi connectivity index (χ0n) is 9.66. The fraction of sp³-hybridized carbons (Fsp3) is 0.385. The van der Waals surface area contributed by atoms with Gasteiger partial charge in [0, 0.05) is 0 Å². The van der Waals surface area contributed by atoms with E-state index in [4.69, 9.17) is 0 Å². The molecular formula is C13H14O3. The predicted octanol–water partition coefficient (Wildman–Crippen LogP) is 2.68. The highest BCUT2D eigenvalue weighted by Gasteiger charge is 2.35. The van der Waals surface area contributed by atoms with Crippen LogP contribution in [-0.2, 0) is 10.2 Å². The number of rotatable bonds is 2. The Morgan fingerprint density at radius 1 is 1.19 bits per heavy atom. The Labute approximate surface area is 94.4 Å². The summed E-state index contributed by atoms with van der Waals surface area (Å²) in [6, 6.07) is 5.32. The van der Waals surface area contributed by atoms with Gasteiger partial charge in [-0.3, -0.25) is 0 Å². The van der Waals surface area contributed by atoms with E-state index in [1.165, 1.54) is 0 Å². The summed E-state index contributed by atoms with van der Waals surface area (Å²) in [5.74, 6) is -1.05. The van der Waals surface area contributed by atoms with Crippen molar-refractivity contribution in [2.75, 3.05) is 0 Å². The lowest BCUT2D eigenvalue weighted by Crippen LogP contribution is -2.19. The molecule has 1 aliphatic heterocycles. The normalized spacial score (nSPS) is 14.9. The number of cyclic esters (lactones) is 2. The number of carbonyl (C=O) groups excluding carboxylic acids is 2. The second-order valence-corrected chi connectivity index (χ2v) is 4.64. The Bertz CT molecular complexity index is 472. The van der Waals surface area contributed by atoms with Crippen LogP contribution in [0.25, 0.3) is 0 Å². The number of esters is 2. The highest BCUT2D eigenvalue weighted by atomic mass is 16.6. The van der Waals surface area contributed by atoms with E-state index < -0.39 is 11.9 Å². The first-order valence-electron chi connectivity index (χ1n) is 5.37. The molecule has 0 saturated heterocycles. The molecule has 1 aromatic carbocycles. The molecule has 1 aliphatic rings. The largest absolute Gasteiger partial charge is 0.386 e. The summed E-state index contributed by atoms with van der Waals surface area (Å²) in [6.07, 6.45) is 0.894. The van der Waals surface area contributed by atoms with Crippen LogP contribution >= 0.6 is 0 Å². The summed E-state index contributed by atoms with van der Waals surface area (Å²) in [4.78, 5) is 23.0. The minimum Gasteiger partial charge on any atom is -0.386 e. The first-order chi connectivity index (χ1) is 7.47. The summed E-state index contributed by atoms with van der Waals surface area (Å²) < 4.78 is 4.63. The molecule has 0 bridgehead atoms. The molecule has 0 radical (unpaired) electrons. The molecule has 1 heterocycles. The van der Waals surface area contributed by atoms with Gasteiger partial charge in [0.2, 0.25) is 0 Å². The molecule has 3 heteroatoms. The minimum absolute atomic E-state index is 0.130. The van der Waals surface area contributed by atoms with Gasteiger partial charge in [0.05, 0.1) is 11.1 Å². The van der Waals surface area contributed by atoms with Crippen LogP contribution in [0.2, 0.25) is 0 Å². The van der Waals surface area contributed by atoms with Crippen LogP contribution < -0.4 is 0 Å². The first-order valence-corrected chi connectivity index (χ1v) is 5.37. The van der Waals surface area contributed by atoms with Crippen LogP contribution in [-0.4, -0.2) is 11.9 Å². The van der Waals surface area contributed by atoms with Crippen molar-refractivity contribution in [2.24, 2.45) is 0 Å². The molecule has 0 atom stereocenters. The molecule has 2 rings (SSSR count). The third-order valence-corrected chi connectivity index (χ3v) is 3.29. The second kappa shape index (κ2) is 3.44. The SMILES string of the molecule is CCC(C)(C)c1cccc2c1C(=O)OC2=O. The zero-order valence-corrected chi connectivity index (χ0v) is 9.66. The van der Waals surface area contributed by atoms with Crippen LogP contribution in [0.15, 0.2) is 18.2 Å². The van der Waals surface area contributed by atoms with Crippen molar-refractivity contribution < 1.29 is 14.3 Å². The minimum atomic E-state index is -0.534.